The Balaban J connectivity index is 1.80. The molecule has 1 heterocycles. The van der Waals surface area contributed by atoms with Gasteiger partial charge in [-0.2, -0.15) is 0 Å². The third kappa shape index (κ3) is 4.74. The summed E-state index contributed by atoms with van der Waals surface area (Å²) in [6.07, 6.45) is 2.68. The first kappa shape index (κ1) is 16.4. The van der Waals surface area contributed by atoms with Crippen molar-refractivity contribution in [2.75, 3.05) is 24.5 Å². The monoisotopic (exact) mass is 288 g/mol. The molecule has 1 aromatic carbocycles. The van der Waals surface area contributed by atoms with Crippen LogP contribution in [0.3, 0.4) is 0 Å². The van der Waals surface area contributed by atoms with E-state index >= 15 is 0 Å². The first-order chi connectivity index (χ1) is 10.1. The highest BCUT2D eigenvalue weighted by Gasteiger charge is 2.16. The van der Waals surface area contributed by atoms with Gasteiger partial charge in [0.25, 0.3) is 0 Å². The molecule has 1 saturated heterocycles. The van der Waals surface area contributed by atoms with Gasteiger partial charge in [-0.3, -0.25) is 0 Å². The van der Waals surface area contributed by atoms with Gasteiger partial charge in [0.05, 0.1) is 0 Å². The minimum Gasteiger partial charge on any atom is -0.372 e. The minimum atomic E-state index is 0.745. The number of hydrogen-bond acceptors (Lipinski definition) is 2. The van der Waals surface area contributed by atoms with E-state index in [9.17, 15) is 0 Å². The van der Waals surface area contributed by atoms with E-state index in [1.807, 2.05) is 0 Å². The first-order valence-electron chi connectivity index (χ1n) is 8.62. The van der Waals surface area contributed by atoms with Gasteiger partial charge in [-0.25, -0.2) is 0 Å². The first-order valence-corrected chi connectivity index (χ1v) is 8.62. The Morgan fingerprint density at radius 1 is 0.952 bits per heavy atom. The van der Waals surface area contributed by atoms with Gasteiger partial charge in [-0.05, 0) is 54.8 Å². The Bertz CT molecular complexity index is 394. The van der Waals surface area contributed by atoms with E-state index in [0.717, 1.165) is 30.8 Å². The summed E-state index contributed by atoms with van der Waals surface area (Å²) in [5, 5.41) is 3.64. The summed E-state index contributed by atoms with van der Waals surface area (Å²) < 4.78 is 0. The maximum atomic E-state index is 3.64. The molecule has 118 valence electrons. The zero-order valence-electron chi connectivity index (χ0n) is 14.2. The van der Waals surface area contributed by atoms with Crippen LogP contribution < -0.4 is 10.2 Å². The Kier molecular flexibility index (Phi) is 6.10. The van der Waals surface area contributed by atoms with Gasteiger partial charge in [0.15, 0.2) is 0 Å². The molecule has 2 nitrogen and oxygen atoms in total. The van der Waals surface area contributed by atoms with Crippen molar-refractivity contribution in [3.8, 4) is 0 Å². The van der Waals surface area contributed by atoms with Crippen molar-refractivity contribution in [2.45, 2.75) is 47.1 Å². The van der Waals surface area contributed by atoms with E-state index in [-0.39, 0.29) is 0 Å². The fourth-order valence-electron chi connectivity index (χ4n) is 3.42. The van der Waals surface area contributed by atoms with Crippen LogP contribution in [-0.4, -0.2) is 19.6 Å². The summed E-state index contributed by atoms with van der Waals surface area (Å²) in [5.41, 5.74) is 2.78. The third-order valence-electron chi connectivity index (χ3n) is 4.83. The lowest BCUT2D eigenvalue weighted by Gasteiger charge is -2.25. The van der Waals surface area contributed by atoms with Crippen LogP contribution in [0.2, 0.25) is 0 Å². The van der Waals surface area contributed by atoms with Crippen LogP contribution >= 0.6 is 0 Å². The Hall–Kier alpha value is -1.02. The number of anilines is 1. The van der Waals surface area contributed by atoms with Crippen LogP contribution in [0.25, 0.3) is 0 Å². The molecule has 2 rings (SSSR count). The van der Waals surface area contributed by atoms with E-state index in [0.29, 0.717) is 0 Å². The molecule has 0 saturated carbocycles. The lowest BCUT2D eigenvalue weighted by molar-refractivity contribution is 0.275. The average molecular weight is 288 g/mol. The van der Waals surface area contributed by atoms with E-state index in [4.69, 9.17) is 0 Å². The molecular formula is C19H32N2. The number of hydrogen-bond donors (Lipinski definition) is 1. The maximum absolute atomic E-state index is 3.64. The van der Waals surface area contributed by atoms with Crippen molar-refractivity contribution in [2.24, 2.45) is 17.8 Å². The minimum absolute atomic E-state index is 0.745. The molecule has 0 unspecified atom stereocenters. The second kappa shape index (κ2) is 7.84. The predicted octanol–water partition coefficient (Wildman–Crippen LogP) is 4.30. The van der Waals surface area contributed by atoms with Crippen LogP contribution in [0.15, 0.2) is 24.3 Å². The van der Waals surface area contributed by atoms with Crippen LogP contribution in [0.4, 0.5) is 5.69 Å². The Morgan fingerprint density at radius 2 is 1.52 bits per heavy atom. The molecule has 1 aliphatic rings. The van der Waals surface area contributed by atoms with Crippen molar-refractivity contribution in [3.63, 3.8) is 0 Å². The van der Waals surface area contributed by atoms with E-state index < -0.39 is 0 Å². The van der Waals surface area contributed by atoms with Crippen molar-refractivity contribution >= 4 is 5.69 Å². The fourth-order valence-corrected chi connectivity index (χ4v) is 3.42. The highest BCUT2D eigenvalue weighted by atomic mass is 15.1. The van der Waals surface area contributed by atoms with E-state index in [1.54, 1.807) is 0 Å². The molecule has 1 N–H and O–H groups in total. The van der Waals surface area contributed by atoms with Gasteiger partial charge in [0.2, 0.25) is 0 Å². The molecule has 0 spiro atoms. The van der Waals surface area contributed by atoms with E-state index in [1.165, 1.54) is 37.2 Å². The van der Waals surface area contributed by atoms with Gasteiger partial charge in [0, 0.05) is 25.3 Å². The quantitative estimate of drug-likeness (QED) is 0.804. The standard InChI is InChI=1S/C19H32N2/c1-15(2)19(16(3)4)14-20-13-17-7-9-18(10-8-17)21-11-5-6-12-21/h7-10,15-16,19-20H,5-6,11-14H2,1-4H3. The SMILES string of the molecule is CC(C)C(CNCc1ccc(N2CCCC2)cc1)C(C)C. The van der Waals surface area contributed by atoms with Crippen LogP contribution in [0, 0.1) is 17.8 Å². The number of nitrogens with zero attached hydrogens (tertiary/aromatic N) is 1. The maximum Gasteiger partial charge on any atom is 0.0366 e. The molecule has 0 aliphatic carbocycles. The third-order valence-corrected chi connectivity index (χ3v) is 4.83. The summed E-state index contributed by atoms with van der Waals surface area (Å²) in [4.78, 5) is 2.49. The summed E-state index contributed by atoms with van der Waals surface area (Å²) in [6.45, 7) is 13.9. The van der Waals surface area contributed by atoms with Crippen molar-refractivity contribution < 1.29 is 0 Å². The topological polar surface area (TPSA) is 15.3 Å². The molecule has 0 atom stereocenters. The van der Waals surface area contributed by atoms with Crippen molar-refractivity contribution in [3.05, 3.63) is 29.8 Å². The molecule has 0 bridgehead atoms. The van der Waals surface area contributed by atoms with Gasteiger partial charge >= 0.3 is 0 Å². The Labute approximate surface area is 130 Å². The molecular weight excluding hydrogens is 256 g/mol. The second-order valence-electron chi connectivity index (χ2n) is 7.14. The number of nitrogens with one attached hydrogen (secondary N) is 1. The van der Waals surface area contributed by atoms with Crippen molar-refractivity contribution in [1.82, 2.24) is 5.32 Å². The average Bonchev–Trinajstić information content (AvgIpc) is 2.97. The second-order valence-corrected chi connectivity index (χ2v) is 7.14. The van der Waals surface area contributed by atoms with Crippen molar-refractivity contribution in [1.29, 1.82) is 0 Å². The highest BCUT2D eigenvalue weighted by Crippen LogP contribution is 2.21. The molecule has 0 aromatic heterocycles. The molecule has 21 heavy (non-hydrogen) atoms. The summed E-state index contributed by atoms with van der Waals surface area (Å²) in [7, 11) is 0. The summed E-state index contributed by atoms with van der Waals surface area (Å²) in [6, 6.07) is 9.12. The highest BCUT2D eigenvalue weighted by molar-refractivity contribution is 5.48. The molecule has 1 aliphatic heterocycles. The van der Waals surface area contributed by atoms with Gasteiger partial charge in [-0.1, -0.05) is 39.8 Å². The fraction of sp³-hybridized carbons (Fsp3) is 0.684. The summed E-state index contributed by atoms with van der Waals surface area (Å²) in [5.74, 6) is 2.25. The molecule has 0 radical (unpaired) electrons. The van der Waals surface area contributed by atoms with E-state index in [2.05, 4.69) is 62.2 Å². The lowest BCUT2D eigenvalue weighted by atomic mass is 9.85. The van der Waals surface area contributed by atoms with Gasteiger partial charge in [-0.15, -0.1) is 0 Å². The molecule has 1 fully saturated rings. The van der Waals surface area contributed by atoms with Gasteiger partial charge in [0.1, 0.15) is 0 Å². The van der Waals surface area contributed by atoms with Crippen LogP contribution in [0.5, 0.6) is 0 Å². The molecule has 2 heteroatoms. The summed E-state index contributed by atoms with van der Waals surface area (Å²) >= 11 is 0. The zero-order chi connectivity index (χ0) is 15.2. The number of benzene rings is 1. The van der Waals surface area contributed by atoms with Crippen LogP contribution in [0.1, 0.15) is 46.1 Å². The largest absolute Gasteiger partial charge is 0.372 e. The number of rotatable bonds is 7. The Morgan fingerprint density at radius 3 is 2.05 bits per heavy atom. The molecule has 1 aromatic rings. The van der Waals surface area contributed by atoms with Gasteiger partial charge < -0.3 is 10.2 Å². The molecule has 0 amide bonds. The lowest BCUT2D eigenvalue weighted by Crippen LogP contribution is -2.29. The normalized spacial score (nSPS) is 15.7. The zero-order valence-corrected chi connectivity index (χ0v) is 14.2. The smallest absolute Gasteiger partial charge is 0.0366 e. The van der Waals surface area contributed by atoms with Crippen LogP contribution in [-0.2, 0) is 6.54 Å². The predicted molar refractivity (Wildman–Crippen MR) is 92.8 cm³/mol.